The molecule has 6 nitrogen and oxygen atoms in total. The monoisotopic (exact) mass is 511 g/mol. The number of nitrogens with zero attached hydrogens (tertiary/aromatic N) is 4. The summed E-state index contributed by atoms with van der Waals surface area (Å²) in [6, 6.07) is 11.7. The second kappa shape index (κ2) is 11.8. The molecule has 4 rings (SSSR count). The lowest BCUT2D eigenvalue weighted by Crippen LogP contribution is -2.32. The van der Waals surface area contributed by atoms with Crippen LogP contribution in [0.3, 0.4) is 0 Å². The number of benzene rings is 1. The molecule has 0 aliphatic carbocycles. The molecule has 9 heteroatoms. The Morgan fingerprint density at radius 3 is 2.41 bits per heavy atom. The van der Waals surface area contributed by atoms with Crippen molar-refractivity contribution in [3.05, 3.63) is 88.3 Å². The quantitative estimate of drug-likeness (QED) is 0.458. The van der Waals surface area contributed by atoms with Gasteiger partial charge in [0.1, 0.15) is 5.82 Å². The van der Waals surface area contributed by atoms with Crippen LogP contribution in [0.5, 0.6) is 0 Å². The van der Waals surface area contributed by atoms with Crippen molar-refractivity contribution in [1.29, 1.82) is 0 Å². The van der Waals surface area contributed by atoms with Gasteiger partial charge in [0.2, 0.25) is 5.91 Å². The van der Waals surface area contributed by atoms with Crippen LogP contribution in [0.2, 0.25) is 0 Å². The van der Waals surface area contributed by atoms with E-state index in [-0.39, 0.29) is 25.0 Å². The van der Waals surface area contributed by atoms with Crippen molar-refractivity contribution in [2.45, 2.75) is 57.5 Å². The molecular formula is C28H32F3N5O. The molecule has 0 atom stereocenters. The van der Waals surface area contributed by atoms with E-state index in [4.69, 9.17) is 5.73 Å². The van der Waals surface area contributed by atoms with Crippen LogP contribution < -0.4 is 5.73 Å². The number of nitrogens with two attached hydrogens (primary N) is 1. The van der Waals surface area contributed by atoms with E-state index in [0.717, 1.165) is 44.2 Å². The maximum absolute atomic E-state index is 13.7. The number of hydrogen-bond donors (Lipinski definition) is 1. The first-order valence-electron chi connectivity index (χ1n) is 12.7. The van der Waals surface area contributed by atoms with E-state index in [1.807, 2.05) is 12.1 Å². The van der Waals surface area contributed by atoms with Crippen LogP contribution in [0.15, 0.2) is 48.8 Å². The van der Waals surface area contributed by atoms with Gasteiger partial charge in [0.15, 0.2) is 0 Å². The van der Waals surface area contributed by atoms with E-state index in [1.54, 1.807) is 18.3 Å². The fraction of sp³-hybridized carbons (Fsp3) is 0.429. The zero-order valence-corrected chi connectivity index (χ0v) is 21.0. The summed E-state index contributed by atoms with van der Waals surface area (Å²) in [6.45, 7) is 5.47. The maximum atomic E-state index is 13.7. The first kappa shape index (κ1) is 26.7. The lowest BCUT2D eigenvalue weighted by molar-refractivity contribution is -0.138. The van der Waals surface area contributed by atoms with Crippen LogP contribution in [0, 0.1) is 0 Å². The number of alkyl halides is 3. The second-order valence-electron chi connectivity index (χ2n) is 9.52. The molecule has 0 spiro atoms. The van der Waals surface area contributed by atoms with Crippen molar-refractivity contribution in [3.63, 3.8) is 0 Å². The molecule has 3 heterocycles. The molecule has 1 fully saturated rings. The maximum Gasteiger partial charge on any atom is 0.419 e. The lowest BCUT2D eigenvalue weighted by atomic mass is 9.89. The van der Waals surface area contributed by atoms with Crippen molar-refractivity contribution in [2.75, 3.05) is 19.6 Å². The highest BCUT2D eigenvalue weighted by atomic mass is 19.4. The largest absolute Gasteiger partial charge is 0.419 e. The summed E-state index contributed by atoms with van der Waals surface area (Å²) >= 11 is 0. The Labute approximate surface area is 215 Å². The average molecular weight is 512 g/mol. The van der Waals surface area contributed by atoms with Gasteiger partial charge in [0.25, 0.3) is 0 Å². The van der Waals surface area contributed by atoms with Gasteiger partial charge >= 0.3 is 6.18 Å². The molecule has 0 bridgehead atoms. The summed E-state index contributed by atoms with van der Waals surface area (Å²) in [5.74, 6) is 0.356. The Kier molecular flexibility index (Phi) is 8.53. The van der Waals surface area contributed by atoms with E-state index in [1.165, 1.54) is 5.56 Å². The fourth-order valence-corrected chi connectivity index (χ4v) is 4.93. The van der Waals surface area contributed by atoms with Crippen molar-refractivity contribution < 1.29 is 18.0 Å². The van der Waals surface area contributed by atoms with Crippen LogP contribution in [-0.2, 0) is 36.7 Å². The van der Waals surface area contributed by atoms with Crippen molar-refractivity contribution >= 4 is 5.91 Å². The SMILES string of the molecule is CCN1CCC(c2ccc(Cc3ncc(C(F)(F)F)c(CCc4ncccc4CC(N)=O)n3)cc2)CC1. The van der Waals surface area contributed by atoms with Gasteiger partial charge in [0, 0.05) is 24.5 Å². The Balaban J connectivity index is 1.48. The van der Waals surface area contributed by atoms with Gasteiger partial charge in [-0.3, -0.25) is 9.78 Å². The molecule has 0 unspecified atom stereocenters. The Hall–Kier alpha value is -3.33. The number of aryl methyl sites for hydroxylation is 2. The second-order valence-corrected chi connectivity index (χ2v) is 9.52. The normalized spacial score (nSPS) is 15.1. The van der Waals surface area contributed by atoms with Gasteiger partial charge in [-0.05, 0) is 74.0 Å². The van der Waals surface area contributed by atoms with Gasteiger partial charge < -0.3 is 10.6 Å². The van der Waals surface area contributed by atoms with E-state index >= 15 is 0 Å². The highest BCUT2D eigenvalue weighted by Gasteiger charge is 2.35. The third-order valence-corrected chi connectivity index (χ3v) is 7.02. The number of piperidine rings is 1. The molecule has 0 saturated carbocycles. The molecule has 2 N–H and O–H groups in total. The number of hydrogen-bond acceptors (Lipinski definition) is 5. The average Bonchev–Trinajstić information content (AvgIpc) is 2.88. The van der Waals surface area contributed by atoms with Gasteiger partial charge in [-0.2, -0.15) is 13.2 Å². The van der Waals surface area contributed by atoms with Gasteiger partial charge in [0.05, 0.1) is 17.7 Å². The van der Waals surface area contributed by atoms with E-state index in [0.29, 0.717) is 29.4 Å². The number of carbonyl (C=O) groups is 1. The minimum atomic E-state index is -4.57. The smallest absolute Gasteiger partial charge is 0.369 e. The highest BCUT2D eigenvalue weighted by Crippen LogP contribution is 2.32. The first-order chi connectivity index (χ1) is 17.7. The molecule has 1 saturated heterocycles. The fourth-order valence-electron chi connectivity index (χ4n) is 4.93. The zero-order valence-electron chi connectivity index (χ0n) is 21.0. The number of amides is 1. The summed E-state index contributed by atoms with van der Waals surface area (Å²) in [5, 5.41) is 0. The van der Waals surface area contributed by atoms with Crippen molar-refractivity contribution in [1.82, 2.24) is 19.9 Å². The number of halogens is 3. The zero-order chi connectivity index (χ0) is 26.4. The predicted octanol–water partition coefficient (Wildman–Crippen LogP) is 4.49. The number of carbonyl (C=O) groups excluding carboxylic acids is 1. The summed E-state index contributed by atoms with van der Waals surface area (Å²) in [4.78, 5) is 26.4. The molecule has 2 aromatic heterocycles. The molecule has 37 heavy (non-hydrogen) atoms. The lowest BCUT2D eigenvalue weighted by Gasteiger charge is -2.31. The minimum Gasteiger partial charge on any atom is -0.369 e. The molecule has 196 valence electrons. The first-order valence-corrected chi connectivity index (χ1v) is 12.7. The number of primary amides is 1. The Bertz CT molecular complexity index is 1210. The van der Waals surface area contributed by atoms with Crippen LogP contribution in [0.4, 0.5) is 13.2 Å². The van der Waals surface area contributed by atoms with E-state index < -0.39 is 17.6 Å². The standard InChI is InChI=1S/C28H32F3N5O/c1-2-36-14-11-21(12-15-36)20-7-5-19(6-8-20)16-27-34-18-23(28(29,30)31)25(35-27)10-9-24-22(17-26(32)37)4-3-13-33-24/h3-8,13,18,21H,2,9-12,14-17H2,1H3,(H2,32,37). The predicted molar refractivity (Wildman–Crippen MR) is 135 cm³/mol. The number of aromatic nitrogens is 3. The summed E-state index contributed by atoms with van der Waals surface area (Å²) in [6.07, 6.45) is 0.670. The van der Waals surface area contributed by atoms with E-state index in [2.05, 4.69) is 38.9 Å². The molecule has 1 aliphatic heterocycles. The summed E-state index contributed by atoms with van der Waals surface area (Å²) in [5.41, 5.74) is 7.77. The third kappa shape index (κ3) is 7.13. The van der Waals surface area contributed by atoms with Crippen LogP contribution >= 0.6 is 0 Å². The van der Waals surface area contributed by atoms with Crippen LogP contribution in [-0.4, -0.2) is 45.4 Å². The van der Waals surface area contributed by atoms with Crippen LogP contribution in [0.1, 0.15) is 65.1 Å². The molecule has 1 aliphatic rings. The Morgan fingerprint density at radius 2 is 1.76 bits per heavy atom. The number of likely N-dealkylation sites (tertiary alicyclic amines) is 1. The Morgan fingerprint density at radius 1 is 1.05 bits per heavy atom. The summed E-state index contributed by atoms with van der Waals surface area (Å²) < 4.78 is 41.1. The van der Waals surface area contributed by atoms with Gasteiger partial charge in [-0.15, -0.1) is 0 Å². The molecule has 1 amide bonds. The van der Waals surface area contributed by atoms with E-state index in [9.17, 15) is 18.0 Å². The highest BCUT2D eigenvalue weighted by molar-refractivity contribution is 5.76. The van der Waals surface area contributed by atoms with Gasteiger partial charge in [-0.1, -0.05) is 37.3 Å². The third-order valence-electron chi connectivity index (χ3n) is 7.02. The van der Waals surface area contributed by atoms with Crippen molar-refractivity contribution in [2.24, 2.45) is 5.73 Å². The molecule has 0 radical (unpaired) electrons. The van der Waals surface area contributed by atoms with Crippen molar-refractivity contribution in [3.8, 4) is 0 Å². The minimum absolute atomic E-state index is 0.0158. The molecular weight excluding hydrogens is 479 g/mol. The summed E-state index contributed by atoms with van der Waals surface area (Å²) in [7, 11) is 0. The topological polar surface area (TPSA) is 85.0 Å². The molecule has 3 aromatic rings. The number of rotatable bonds is 9. The van der Waals surface area contributed by atoms with Crippen LogP contribution in [0.25, 0.3) is 0 Å². The van der Waals surface area contributed by atoms with Gasteiger partial charge in [-0.25, -0.2) is 9.97 Å². The molecule has 1 aromatic carbocycles. The number of pyridine rings is 1.